The Morgan fingerprint density at radius 1 is 1.29 bits per heavy atom. The maximum Gasteiger partial charge on any atom is 0.272 e. The molecule has 0 radical (unpaired) electrons. The number of para-hydroxylation sites is 1. The molecule has 5 nitrogen and oxygen atoms in total. The SMILES string of the molecule is Cc1cc(C(=O)Nc2ccccc2CCl)ccc1[N+](=O)[O-]. The number of amides is 1. The van der Waals surface area contributed by atoms with Gasteiger partial charge in [-0.1, -0.05) is 18.2 Å². The number of nitro groups is 1. The summed E-state index contributed by atoms with van der Waals surface area (Å²) in [5, 5.41) is 13.5. The number of alkyl halides is 1. The van der Waals surface area contributed by atoms with Crippen molar-refractivity contribution < 1.29 is 9.72 Å². The van der Waals surface area contributed by atoms with Gasteiger partial charge in [0.1, 0.15) is 0 Å². The van der Waals surface area contributed by atoms with Crippen molar-refractivity contribution in [3.05, 3.63) is 69.3 Å². The van der Waals surface area contributed by atoms with E-state index in [1.807, 2.05) is 12.1 Å². The summed E-state index contributed by atoms with van der Waals surface area (Å²) in [6.07, 6.45) is 0. The fraction of sp³-hybridized carbons (Fsp3) is 0.133. The minimum atomic E-state index is -0.472. The fourth-order valence-electron chi connectivity index (χ4n) is 1.95. The molecular weight excluding hydrogens is 292 g/mol. The van der Waals surface area contributed by atoms with E-state index < -0.39 is 4.92 Å². The van der Waals surface area contributed by atoms with Gasteiger partial charge in [0.2, 0.25) is 0 Å². The second kappa shape index (κ2) is 6.37. The number of halogens is 1. The number of rotatable bonds is 4. The molecule has 0 heterocycles. The monoisotopic (exact) mass is 304 g/mol. The van der Waals surface area contributed by atoms with E-state index in [1.165, 1.54) is 18.2 Å². The first-order valence-electron chi connectivity index (χ1n) is 6.23. The molecule has 2 aromatic rings. The van der Waals surface area contributed by atoms with Gasteiger partial charge in [-0.15, -0.1) is 11.6 Å². The van der Waals surface area contributed by atoms with Gasteiger partial charge in [-0.05, 0) is 30.7 Å². The summed E-state index contributed by atoms with van der Waals surface area (Å²) in [5.41, 5.74) is 2.24. The zero-order valence-electron chi connectivity index (χ0n) is 11.3. The van der Waals surface area contributed by atoms with E-state index in [1.54, 1.807) is 19.1 Å². The van der Waals surface area contributed by atoms with E-state index in [0.29, 0.717) is 16.8 Å². The van der Waals surface area contributed by atoms with Crippen molar-refractivity contribution >= 4 is 28.9 Å². The minimum Gasteiger partial charge on any atom is -0.322 e. The summed E-state index contributed by atoms with van der Waals surface area (Å²) >= 11 is 5.82. The zero-order chi connectivity index (χ0) is 15.4. The van der Waals surface area contributed by atoms with E-state index in [9.17, 15) is 14.9 Å². The fourth-order valence-corrected chi connectivity index (χ4v) is 2.19. The van der Waals surface area contributed by atoms with Crippen LogP contribution in [-0.4, -0.2) is 10.8 Å². The van der Waals surface area contributed by atoms with Gasteiger partial charge in [-0.25, -0.2) is 0 Å². The third kappa shape index (κ3) is 3.38. The minimum absolute atomic E-state index is 0.00675. The number of nitrogens with zero attached hydrogens (tertiary/aromatic N) is 1. The quantitative estimate of drug-likeness (QED) is 0.529. The molecule has 2 aromatic carbocycles. The number of anilines is 1. The summed E-state index contributed by atoms with van der Waals surface area (Å²) in [6.45, 7) is 1.60. The van der Waals surface area contributed by atoms with Gasteiger partial charge >= 0.3 is 0 Å². The van der Waals surface area contributed by atoms with E-state index in [0.717, 1.165) is 5.56 Å². The lowest BCUT2D eigenvalue weighted by Gasteiger charge is -2.09. The summed E-state index contributed by atoms with van der Waals surface area (Å²) in [7, 11) is 0. The highest BCUT2D eigenvalue weighted by Gasteiger charge is 2.14. The maximum atomic E-state index is 12.2. The Balaban J connectivity index is 2.25. The lowest BCUT2D eigenvalue weighted by atomic mass is 10.1. The largest absolute Gasteiger partial charge is 0.322 e. The van der Waals surface area contributed by atoms with Crippen LogP contribution in [0.2, 0.25) is 0 Å². The highest BCUT2D eigenvalue weighted by atomic mass is 35.5. The Morgan fingerprint density at radius 3 is 2.62 bits per heavy atom. The molecule has 0 unspecified atom stereocenters. The van der Waals surface area contributed by atoms with Gasteiger partial charge in [-0.2, -0.15) is 0 Å². The molecule has 2 rings (SSSR count). The molecule has 0 aromatic heterocycles. The Hall–Kier alpha value is -2.40. The van der Waals surface area contributed by atoms with Crippen LogP contribution in [0.1, 0.15) is 21.5 Å². The number of hydrogen-bond acceptors (Lipinski definition) is 3. The molecule has 0 aliphatic carbocycles. The van der Waals surface area contributed by atoms with Gasteiger partial charge in [0.05, 0.1) is 4.92 Å². The molecular formula is C15H13ClN2O3. The second-order valence-electron chi connectivity index (χ2n) is 4.50. The van der Waals surface area contributed by atoms with Crippen LogP contribution in [0.15, 0.2) is 42.5 Å². The number of hydrogen-bond donors (Lipinski definition) is 1. The second-order valence-corrected chi connectivity index (χ2v) is 4.77. The van der Waals surface area contributed by atoms with Crippen LogP contribution in [0.3, 0.4) is 0 Å². The van der Waals surface area contributed by atoms with Crippen molar-refractivity contribution in [2.24, 2.45) is 0 Å². The highest BCUT2D eigenvalue weighted by molar-refractivity contribution is 6.17. The molecule has 0 aliphatic rings. The molecule has 0 aliphatic heterocycles. The summed E-state index contributed by atoms with van der Waals surface area (Å²) in [4.78, 5) is 22.5. The van der Waals surface area contributed by atoms with Gasteiger partial charge in [0.25, 0.3) is 11.6 Å². The molecule has 1 amide bonds. The van der Waals surface area contributed by atoms with Crippen LogP contribution in [0, 0.1) is 17.0 Å². The van der Waals surface area contributed by atoms with Crippen LogP contribution in [0.5, 0.6) is 0 Å². The molecule has 0 saturated heterocycles. The zero-order valence-corrected chi connectivity index (χ0v) is 12.1. The van der Waals surface area contributed by atoms with E-state index in [2.05, 4.69) is 5.32 Å². The van der Waals surface area contributed by atoms with Crippen molar-refractivity contribution in [3.63, 3.8) is 0 Å². The van der Waals surface area contributed by atoms with Gasteiger partial charge < -0.3 is 5.32 Å². The summed E-state index contributed by atoms with van der Waals surface area (Å²) in [5.74, 6) is -0.0407. The van der Waals surface area contributed by atoms with Crippen molar-refractivity contribution in [2.45, 2.75) is 12.8 Å². The van der Waals surface area contributed by atoms with Crippen LogP contribution in [-0.2, 0) is 5.88 Å². The van der Waals surface area contributed by atoms with E-state index in [4.69, 9.17) is 11.6 Å². The normalized spacial score (nSPS) is 10.2. The van der Waals surface area contributed by atoms with Crippen molar-refractivity contribution in [1.82, 2.24) is 0 Å². The third-order valence-corrected chi connectivity index (χ3v) is 3.35. The summed E-state index contributed by atoms with van der Waals surface area (Å²) in [6, 6.07) is 11.5. The Labute approximate surface area is 126 Å². The lowest BCUT2D eigenvalue weighted by Crippen LogP contribution is -2.13. The van der Waals surface area contributed by atoms with Crippen molar-refractivity contribution in [3.8, 4) is 0 Å². The lowest BCUT2D eigenvalue weighted by molar-refractivity contribution is -0.385. The average Bonchev–Trinajstić information content (AvgIpc) is 2.47. The predicted octanol–water partition coefficient (Wildman–Crippen LogP) is 3.89. The Morgan fingerprint density at radius 2 is 2.00 bits per heavy atom. The average molecular weight is 305 g/mol. The van der Waals surface area contributed by atoms with Crippen LogP contribution < -0.4 is 5.32 Å². The molecule has 0 fully saturated rings. The topological polar surface area (TPSA) is 72.2 Å². The molecule has 108 valence electrons. The number of carbonyl (C=O) groups is 1. The molecule has 6 heteroatoms. The first kappa shape index (κ1) is 15.0. The maximum absolute atomic E-state index is 12.2. The number of carbonyl (C=O) groups excluding carboxylic acids is 1. The van der Waals surface area contributed by atoms with Gasteiger partial charge in [0, 0.05) is 28.8 Å². The van der Waals surface area contributed by atoms with E-state index in [-0.39, 0.29) is 17.5 Å². The number of nitrogens with one attached hydrogen (secondary N) is 1. The number of benzene rings is 2. The molecule has 0 bridgehead atoms. The first-order valence-corrected chi connectivity index (χ1v) is 6.76. The smallest absolute Gasteiger partial charge is 0.272 e. The highest BCUT2D eigenvalue weighted by Crippen LogP contribution is 2.21. The molecule has 21 heavy (non-hydrogen) atoms. The van der Waals surface area contributed by atoms with E-state index >= 15 is 0 Å². The van der Waals surface area contributed by atoms with Crippen LogP contribution in [0.25, 0.3) is 0 Å². The summed E-state index contributed by atoms with van der Waals surface area (Å²) < 4.78 is 0. The first-order chi connectivity index (χ1) is 10.0. The number of aryl methyl sites for hydroxylation is 1. The molecule has 1 N–H and O–H groups in total. The van der Waals surface area contributed by atoms with Crippen LogP contribution in [0.4, 0.5) is 11.4 Å². The number of nitro benzene ring substituents is 1. The third-order valence-electron chi connectivity index (χ3n) is 3.07. The molecule has 0 atom stereocenters. The Kier molecular flexibility index (Phi) is 4.55. The molecule has 0 spiro atoms. The standard InChI is InChI=1S/C15H13ClN2O3/c1-10-8-11(6-7-14(10)18(20)21)15(19)17-13-5-3-2-4-12(13)9-16/h2-8H,9H2,1H3,(H,17,19). The van der Waals surface area contributed by atoms with Crippen molar-refractivity contribution in [1.29, 1.82) is 0 Å². The predicted molar refractivity (Wildman–Crippen MR) is 81.8 cm³/mol. The van der Waals surface area contributed by atoms with Crippen molar-refractivity contribution in [2.75, 3.05) is 5.32 Å². The van der Waals surface area contributed by atoms with Gasteiger partial charge in [-0.3, -0.25) is 14.9 Å². The Bertz CT molecular complexity index is 701. The van der Waals surface area contributed by atoms with Gasteiger partial charge in [0.15, 0.2) is 0 Å². The van der Waals surface area contributed by atoms with Crippen LogP contribution >= 0.6 is 11.6 Å². The molecule has 0 saturated carbocycles.